The summed E-state index contributed by atoms with van der Waals surface area (Å²) in [5.41, 5.74) is -5.52. The molecule has 5 aromatic rings. The fourth-order valence-electron chi connectivity index (χ4n) is 14.8. The number of fused-ring (bicyclic) bond motifs is 2. The number of carbonyl (C=O) groups is 8. The Labute approximate surface area is 740 Å². The number of likely N-dealkylation sites (tertiary alicyclic amines) is 2. The van der Waals surface area contributed by atoms with Crippen LogP contribution in [0, 0.1) is 45.3 Å². The standard InChI is InChI=1S/C38H49ClF3N3O10S.C31H44BrNO9S.C11H7ClF3NO2.C3H7NO3S/c1-8-21-17-37(21,34(49)44-56(50,51)55-22-12-13-22)18-28(46)27-14-23(19-45(27)33(48)25(35(2,3)4)15-31(47)54-36(5,6)7)53-29-16-30(52-20-38(40,41)42)43-32-24(29)10-9-11-26(32)39;1-9-19-16-31(19,28(37)40-8)17-25(34)24-14-21(42-43(38,39)22-12-10-20(32)11-13-22)18-33(24)27(36)23(29(2,3)4)15-26(35)41-30(5,6)7;12-7-3-1-2-6-8(17)4-9(16-10(6)7)18-5-11(13,14)15;4-8(5,6)7-3-1-2-3/h9-11,16,21-23,25,27H,8,12-15,17-20H2,1-7H3,(H,44,49);10-13,19,21,23-24H,9,14-18H2,1-8H3;1-4H,5H2,(H,16,17);3H,1-2H2,(H2,4,5,6)/t21-,23-,25-,27+,37-;19-,21+,23-,24+,31-;;/m11../s1. The molecule has 4 saturated carbocycles. The Hall–Kier alpha value is -7.83. The van der Waals surface area contributed by atoms with E-state index in [2.05, 4.69) is 40.0 Å². The van der Waals surface area contributed by atoms with Gasteiger partial charge >= 0.3 is 50.9 Å². The highest BCUT2D eigenvalue weighted by Gasteiger charge is 2.63. The lowest BCUT2D eigenvalue weighted by Gasteiger charge is -2.35. The second kappa shape index (κ2) is 40.0. The normalized spacial score (nSPS) is 22.1. The Balaban J connectivity index is 0.000000244. The van der Waals surface area contributed by atoms with Crippen LogP contribution in [0.25, 0.3) is 21.8 Å². The number of methoxy groups -OCH3 is 1. The largest absolute Gasteiger partial charge is 0.488 e. The predicted molar refractivity (Wildman–Crippen MR) is 448 cm³/mol. The van der Waals surface area contributed by atoms with Crippen molar-refractivity contribution in [2.45, 2.75) is 252 Å². The fraction of sp³-hybridized carbons (Fsp3) is 0.614. The number of nitrogens with zero attached hydrogens (tertiary/aromatic N) is 3. The first kappa shape index (κ1) is 103. The van der Waals surface area contributed by atoms with Crippen molar-refractivity contribution in [3.63, 3.8) is 0 Å². The third kappa shape index (κ3) is 29.6. The number of alkyl halides is 6. The molecule has 0 bridgehead atoms. The van der Waals surface area contributed by atoms with E-state index in [4.69, 9.17) is 55.3 Å². The molecule has 2 saturated heterocycles. The van der Waals surface area contributed by atoms with E-state index in [-0.39, 0.29) is 113 Å². The molecule has 2 aliphatic heterocycles. The van der Waals surface area contributed by atoms with Crippen LogP contribution in [-0.4, -0.2) is 186 Å². The van der Waals surface area contributed by atoms with Gasteiger partial charge in [-0.05, 0) is 151 Å². The van der Waals surface area contributed by atoms with Crippen LogP contribution in [0.4, 0.5) is 26.3 Å². The van der Waals surface area contributed by atoms with Gasteiger partial charge in [0, 0.05) is 59.6 Å². The first-order valence-corrected chi connectivity index (χ1v) is 46.1. The number of nitrogens with two attached hydrogens (primary N) is 1. The zero-order valence-electron chi connectivity index (χ0n) is 71.8. The van der Waals surface area contributed by atoms with Crippen molar-refractivity contribution in [1.82, 2.24) is 24.5 Å². The molecule has 6 fully saturated rings. The maximum absolute atomic E-state index is 14.6. The van der Waals surface area contributed by atoms with Gasteiger partial charge in [-0.15, -0.1) is 0 Å². The Kier molecular flexibility index (Phi) is 32.9. The van der Waals surface area contributed by atoms with Crippen LogP contribution < -0.4 is 29.5 Å². The SMILES string of the molecule is CC[C@@H]1C[C@]1(CC(=O)[C@@H]1C[C@@H](Oc2cc(OCC(F)(F)F)nc3c(Cl)cccc23)CN1C(=O)[C@@H](CC(=O)OC(C)(C)C)C(C)(C)C)C(=O)NS(=O)(=O)OC1CC1.CC[C@@H]1C[C@]1(CC(=O)[C@@H]1C[C@H](OS(=O)(=O)c2ccc(Br)cc2)CN1C(=O)[C@@H](CC(=O)OC(C)(C)C)C(C)(C)C)C(=O)OC.NS(=O)(=O)OC1CC1.O=c1cc(OCC(F)(F)F)[nH]c2c(Cl)cccc12. The third-order valence-corrected chi connectivity index (χ3v) is 25.4. The van der Waals surface area contributed by atoms with Crippen LogP contribution in [0.15, 0.2) is 87.0 Å². The van der Waals surface area contributed by atoms with E-state index < -0.39 is 191 Å². The minimum atomic E-state index is -4.66. The number of rotatable bonds is 30. The molecule has 0 radical (unpaired) electrons. The van der Waals surface area contributed by atoms with E-state index in [1.807, 2.05) is 39.3 Å². The van der Waals surface area contributed by atoms with Crippen molar-refractivity contribution < 1.29 is 131 Å². The van der Waals surface area contributed by atoms with Crippen molar-refractivity contribution in [1.29, 1.82) is 0 Å². The molecule has 30 nitrogen and oxygen atoms in total. The summed E-state index contributed by atoms with van der Waals surface area (Å²) >= 11 is 15.5. The maximum atomic E-state index is 14.6. The van der Waals surface area contributed by atoms with E-state index in [0.717, 1.165) is 18.9 Å². The van der Waals surface area contributed by atoms with Gasteiger partial charge in [0.25, 0.3) is 10.1 Å². The van der Waals surface area contributed by atoms with Gasteiger partial charge in [-0.1, -0.05) is 119 Å². The van der Waals surface area contributed by atoms with Crippen LogP contribution in [0.2, 0.25) is 10.0 Å². The van der Waals surface area contributed by atoms with Crippen LogP contribution in [0.5, 0.6) is 17.5 Å². The molecule has 0 spiro atoms. The smallest absolute Gasteiger partial charge is 0.422 e. The number of halogens is 9. The van der Waals surface area contributed by atoms with E-state index in [1.165, 1.54) is 53.3 Å². The van der Waals surface area contributed by atoms with E-state index >= 15 is 0 Å². The van der Waals surface area contributed by atoms with Gasteiger partial charge in [0.15, 0.2) is 36.1 Å². The van der Waals surface area contributed by atoms with Gasteiger partial charge in [-0.25, -0.2) is 14.8 Å². The number of para-hydroxylation sites is 2. The number of ketones is 2. The Morgan fingerprint density at radius 3 is 1.54 bits per heavy atom. The lowest BCUT2D eigenvalue weighted by Crippen LogP contribution is -2.48. The molecule has 11 rings (SSSR count). The van der Waals surface area contributed by atoms with Gasteiger partial charge < -0.3 is 43.2 Å². The van der Waals surface area contributed by atoms with Crippen molar-refractivity contribution in [3.8, 4) is 17.5 Å². The number of nitrogens with one attached hydrogen (secondary N) is 2. The molecule has 125 heavy (non-hydrogen) atoms. The maximum Gasteiger partial charge on any atom is 0.422 e. The van der Waals surface area contributed by atoms with Gasteiger partial charge in [0.1, 0.15) is 23.1 Å². The van der Waals surface area contributed by atoms with Gasteiger partial charge in [-0.2, -0.15) is 51.6 Å². The number of carbonyl (C=O) groups excluding carboxylic acids is 8. The first-order chi connectivity index (χ1) is 57.5. The highest BCUT2D eigenvalue weighted by Crippen LogP contribution is 2.60. The number of aromatic amines is 1. The van der Waals surface area contributed by atoms with Crippen LogP contribution in [-0.2, 0) is 95.8 Å². The lowest BCUT2D eigenvalue weighted by atomic mass is 9.77. The number of benzene rings is 3. The summed E-state index contributed by atoms with van der Waals surface area (Å²) in [6.45, 7) is 21.4. The zero-order chi connectivity index (χ0) is 93.7. The number of pyridine rings is 2. The highest BCUT2D eigenvalue weighted by atomic mass is 79.9. The molecule has 42 heteroatoms. The number of Topliss-reactive ketones (excluding diaryl/α,β-unsaturated/α-hetero) is 2. The summed E-state index contributed by atoms with van der Waals surface area (Å²) in [5, 5.41) is 5.50. The third-order valence-electron chi connectivity index (χ3n) is 21.3. The molecule has 0 unspecified atom stereocenters. The lowest BCUT2D eigenvalue weighted by molar-refractivity contribution is -0.161. The molecule has 10 atom stereocenters. The minimum Gasteiger partial charge on any atom is -0.488 e. The van der Waals surface area contributed by atoms with Gasteiger partial charge in [0.05, 0.1) is 106 Å². The average molecular weight is 1930 g/mol. The molecule has 3 amide bonds. The minimum absolute atomic E-state index is 0.0197. The molecule has 4 heterocycles. The van der Waals surface area contributed by atoms with E-state index in [9.17, 15) is 94.7 Å². The molecular weight excluding hydrogens is 1830 g/mol. The molecule has 2 aromatic heterocycles. The average Bonchev–Trinajstić information content (AvgIpc) is 1.72. The predicted octanol–water partition coefficient (Wildman–Crippen LogP) is 14.0. The molecular formula is C83H107BrCl2F6N6O24S3. The van der Waals surface area contributed by atoms with Gasteiger partial charge in [-0.3, -0.25) is 55.7 Å². The van der Waals surface area contributed by atoms with Crippen molar-refractivity contribution >= 4 is 139 Å². The van der Waals surface area contributed by atoms with Crippen LogP contribution in [0.3, 0.4) is 0 Å². The Morgan fingerprint density at radius 2 is 1.08 bits per heavy atom. The van der Waals surface area contributed by atoms with E-state index in [1.54, 1.807) is 92.6 Å². The number of aromatic nitrogens is 2. The summed E-state index contributed by atoms with van der Waals surface area (Å²) < 4.78 is 196. The number of amides is 3. The number of esters is 3. The van der Waals surface area contributed by atoms with Crippen molar-refractivity contribution in [3.05, 3.63) is 97.5 Å². The van der Waals surface area contributed by atoms with Crippen molar-refractivity contribution in [2.24, 2.45) is 50.5 Å². The number of hydrogen-bond acceptors (Lipinski definition) is 25. The van der Waals surface area contributed by atoms with Gasteiger partial charge in [0.2, 0.25) is 23.6 Å². The second-order valence-corrected chi connectivity index (χ2v) is 41.8. The summed E-state index contributed by atoms with van der Waals surface area (Å²) in [6.07, 6.45) is -8.31. The number of hydrogen-bond donors (Lipinski definition) is 3. The Bertz CT molecular complexity index is 5230. The summed E-state index contributed by atoms with van der Waals surface area (Å²) in [6, 6.07) is 15.2. The second-order valence-electron chi connectivity index (χ2n) is 36.0. The molecule has 694 valence electrons. The van der Waals surface area contributed by atoms with E-state index in [0.29, 0.717) is 47.3 Å². The molecule has 4 N–H and O–H groups in total. The topological polar surface area (TPSA) is 412 Å². The highest BCUT2D eigenvalue weighted by molar-refractivity contribution is 9.10. The number of ether oxygens (including phenoxy) is 6. The molecule has 3 aromatic carbocycles. The molecule has 6 aliphatic rings. The molecule has 4 aliphatic carbocycles. The zero-order valence-corrected chi connectivity index (χ0v) is 77.3. The van der Waals surface area contributed by atoms with Crippen LogP contribution in [0.1, 0.15) is 187 Å². The Morgan fingerprint density at radius 1 is 0.616 bits per heavy atom. The summed E-state index contributed by atoms with van der Waals surface area (Å²) in [5.74, 6) is -7.26. The monoisotopic (exact) mass is 1930 g/mol. The van der Waals surface area contributed by atoms with Crippen LogP contribution >= 0.6 is 39.1 Å². The first-order valence-electron chi connectivity index (χ1n) is 40.3. The van der Waals surface area contributed by atoms with Crippen molar-refractivity contribution in [2.75, 3.05) is 33.4 Å². The fourth-order valence-corrected chi connectivity index (χ4v) is 18.2. The quantitative estimate of drug-likeness (QED) is 0.0166. The summed E-state index contributed by atoms with van der Waals surface area (Å²) in [7, 11) is -11.0. The summed E-state index contributed by atoms with van der Waals surface area (Å²) in [4.78, 5) is 130. The number of H-pyrrole nitrogens is 1.